The van der Waals surface area contributed by atoms with Crippen LogP contribution >= 0.6 is 0 Å². The Morgan fingerprint density at radius 1 is 1.21 bits per heavy atom. The Morgan fingerprint density at radius 2 is 1.94 bits per heavy atom. The zero-order valence-electron chi connectivity index (χ0n) is 20.7. The number of ether oxygens (including phenoxy) is 1. The lowest BCUT2D eigenvalue weighted by Gasteiger charge is -2.47. The summed E-state index contributed by atoms with van der Waals surface area (Å²) in [4.78, 5) is 24.8. The summed E-state index contributed by atoms with van der Waals surface area (Å²) >= 11 is 0. The predicted molar refractivity (Wildman–Crippen MR) is 132 cm³/mol. The van der Waals surface area contributed by atoms with Gasteiger partial charge in [0, 0.05) is 41.8 Å². The number of aromatic nitrogens is 2. The van der Waals surface area contributed by atoms with Crippen molar-refractivity contribution in [3.63, 3.8) is 0 Å². The molecule has 4 rings (SSSR count). The number of amides is 1. The molecule has 7 heteroatoms. The van der Waals surface area contributed by atoms with Crippen LogP contribution in [0.4, 0.5) is 11.8 Å². The molecule has 0 aliphatic carbocycles. The lowest BCUT2D eigenvalue weighted by atomic mass is 9.75. The van der Waals surface area contributed by atoms with Gasteiger partial charge in [-0.2, -0.15) is 4.98 Å². The molecule has 178 valence electrons. The van der Waals surface area contributed by atoms with E-state index in [2.05, 4.69) is 43.3 Å². The number of piperidine rings is 1. The van der Waals surface area contributed by atoms with Crippen LogP contribution in [-0.2, 0) is 6.42 Å². The van der Waals surface area contributed by atoms with Crippen LogP contribution in [0.5, 0.6) is 5.75 Å². The minimum atomic E-state index is -0.0342. The summed E-state index contributed by atoms with van der Waals surface area (Å²) in [6, 6.07) is 7.78. The monoisotopic (exact) mass is 451 g/mol. The Kier molecular flexibility index (Phi) is 6.36. The summed E-state index contributed by atoms with van der Waals surface area (Å²) in [5, 5.41) is 7.00. The van der Waals surface area contributed by atoms with E-state index in [4.69, 9.17) is 9.72 Å². The van der Waals surface area contributed by atoms with Gasteiger partial charge in [0.05, 0.1) is 6.61 Å². The van der Waals surface area contributed by atoms with Crippen LogP contribution in [0.1, 0.15) is 70.3 Å². The third kappa shape index (κ3) is 5.64. The van der Waals surface area contributed by atoms with Crippen molar-refractivity contribution < 1.29 is 9.53 Å². The summed E-state index contributed by atoms with van der Waals surface area (Å²) in [6.45, 7) is 14.3. The molecule has 1 amide bonds. The second-order valence-corrected chi connectivity index (χ2v) is 11.0. The summed E-state index contributed by atoms with van der Waals surface area (Å²) in [5.41, 5.74) is 1.77. The third-order valence-corrected chi connectivity index (χ3v) is 6.23. The van der Waals surface area contributed by atoms with Crippen molar-refractivity contribution in [3.8, 4) is 5.75 Å². The van der Waals surface area contributed by atoms with E-state index in [1.807, 2.05) is 43.0 Å². The summed E-state index contributed by atoms with van der Waals surface area (Å²) < 4.78 is 5.64. The van der Waals surface area contributed by atoms with E-state index in [-0.39, 0.29) is 23.0 Å². The number of nitrogens with zero attached hydrogens (tertiary/aromatic N) is 3. The minimum absolute atomic E-state index is 0.00206. The zero-order chi connectivity index (χ0) is 23.8. The number of carbonyl (C=O) groups is 1. The van der Waals surface area contributed by atoms with Crippen LogP contribution in [-0.4, -0.2) is 46.1 Å². The van der Waals surface area contributed by atoms with Crippen molar-refractivity contribution in [1.82, 2.24) is 15.3 Å². The number of hydrogen-bond acceptors (Lipinski definition) is 6. The Morgan fingerprint density at radius 3 is 2.64 bits per heavy atom. The lowest BCUT2D eigenvalue weighted by molar-refractivity contribution is 0.0952. The van der Waals surface area contributed by atoms with Crippen molar-refractivity contribution in [2.24, 2.45) is 5.92 Å². The zero-order valence-corrected chi connectivity index (χ0v) is 20.7. The van der Waals surface area contributed by atoms with Crippen LogP contribution in [0.15, 0.2) is 30.5 Å². The fourth-order valence-electron chi connectivity index (χ4n) is 5.50. The van der Waals surface area contributed by atoms with Crippen molar-refractivity contribution in [2.45, 2.75) is 77.9 Å². The average Bonchev–Trinajstić information content (AvgIpc) is 3.17. The highest BCUT2D eigenvalue weighted by Crippen LogP contribution is 2.35. The second kappa shape index (κ2) is 8.93. The maximum Gasteiger partial charge on any atom is 0.259 e. The van der Waals surface area contributed by atoms with E-state index in [0.29, 0.717) is 36.4 Å². The molecule has 0 saturated carbocycles. The molecule has 3 heterocycles. The Bertz CT molecular complexity index is 1000. The molecule has 2 aliphatic rings. The van der Waals surface area contributed by atoms with Gasteiger partial charge >= 0.3 is 0 Å². The highest BCUT2D eigenvalue weighted by atomic mass is 16.5. The first-order valence-corrected chi connectivity index (χ1v) is 12.0. The first-order valence-electron chi connectivity index (χ1n) is 12.0. The van der Waals surface area contributed by atoms with E-state index < -0.39 is 0 Å². The molecule has 7 nitrogen and oxygen atoms in total. The molecule has 2 N–H and O–H groups in total. The minimum Gasteiger partial charge on any atom is -0.493 e. The fraction of sp³-hybridized carbons (Fsp3) is 0.577. The third-order valence-electron chi connectivity index (χ3n) is 6.23. The maximum absolute atomic E-state index is 13.9. The van der Waals surface area contributed by atoms with Gasteiger partial charge in [0.2, 0.25) is 5.95 Å². The number of hydrogen-bond donors (Lipinski definition) is 2. The molecule has 1 aromatic carbocycles. The van der Waals surface area contributed by atoms with Gasteiger partial charge < -0.3 is 15.4 Å². The maximum atomic E-state index is 13.9. The summed E-state index contributed by atoms with van der Waals surface area (Å²) in [7, 11) is 0. The number of anilines is 2. The van der Waals surface area contributed by atoms with Gasteiger partial charge in [-0.1, -0.05) is 0 Å². The van der Waals surface area contributed by atoms with Gasteiger partial charge in [-0.05, 0) is 90.1 Å². The standard InChI is InChI=1S/C26H37N5O2/c1-17(2)28-24-27-11-9-22(29-24)31(16-18-14-25(3,4)30-26(5,6)15-18)23(32)20-7-8-21-19(13-20)10-12-33-21/h7-9,11,13,17-18,30H,10,12,14-16H2,1-6H3,(H,27,28,29). The first-order chi connectivity index (χ1) is 15.5. The van der Waals surface area contributed by atoms with Gasteiger partial charge in [0.1, 0.15) is 11.6 Å². The molecule has 0 spiro atoms. The highest BCUT2D eigenvalue weighted by Gasteiger charge is 2.39. The normalized spacial score (nSPS) is 19.1. The van der Waals surface area contributed by atoms with E-state index in [0.717, 1.165) is 30.6 Å². The summed E-state index contributed by atoms with van der Waals surface area (Å²) in [5.74, 6) is 2.35. The molecule has 2 aromatic rings. The molecular weight excluding hydrogens is 414 g/mol. The lowest BCUT2D eigenvalue weighted by Crippen LogP contribution is -2.59. The van der Waals surface area contributed by atoms with Crippen LogP contribution in [0.3, 0.4) is 0 Å². The topological polar surface area (TPSA) is 79.4 Å². The van der Waals surface area contributed by atoms with E-state index in [9.17, 15) is 4.79 Å². The Labute approximate surface area is 197 Å². The SMILES string of the molecule is CC(C)Nc1nccc(N(CC2CC(C)(C)NC(C)(C)C2)C(=O)c2ccc3c(c2)CCO3)n1. The largest absolute Gasteiger partial charge is 0.493 e. The molecule has 1 saturated heterocycles. The van der Waals surface area contributed by atoms with Gasteiger partial charge in [0.25, 0.3) is 5.91 Å². The average molecular weight is 452 g/mol. The van der Waals surface area contributed by atoms with E-state index >= 15 is 0 Å². The quantitative estimate of drug-likeness (QED) is 0.676. The van der Waals surface area contributed by atoms with Crippen LogP contribution in [0.2, 0.25) is 0 Å². The van der Waals surface area contributed by atoms with Crippen molar-refractivity contribution >= 4 is 17.7 Å². The fourth-order valence-corrected chi connectivity index (χ4v) is 5.50. The molecule has 1 fully saturated rings. The second-order valence-electron chi connectivity index (χ2n) is 11.0. The number of fused-ring (bicyclic) bond motifs is 1. The summed E-state index contributed by atoms with van der Waals surface area (Å²) in [6.07, 6.45) is 4.53. The smallest absolute Gasteiger partial charge is 0.259 e. The number of nitrogens with one attached hydrogen (secondary N) is 2. The highest BCUT2D eigenvalue weighted by molar-refractivity contribution is 6.05. The molecular formula is C26H37N5O2. The Balaban J connectivity index is 1.67. The van der Waals surface area contributed by atoms with Gasteiger partial charge in [0.15, 0.2) is 0 Å². The van der Waals surface area contributed by atoms with Gasteiger partial charge in [-0.3, -0.25) is 9.69 Å². The number of rotatable bonds is 6. The number of benzene rings is 1. The van der Waals surface area contributed by atoms with Crippen LogP contribution < -0.4 is 20.3 Å². The molecule has 0 unspecified atom stereocenters. The van der Waals surface area contributed by atoms with Crippen LogP contribution in [0.25, 0.3) is 0 Å². The van der Waals surface area contributed by atoms with Crippen molar-refractivity contribution in [2.75, 3.05) is 23.4 Å². The molecule has 0 atom stereocenters. The molecule has 0 bridgehead atoms. The predicted octanol–water partition coefficient (Wildman–Crippen LogP) is 4.44. The molecule has 1 aromatic heterocycles. The van der Waals surface area contributed by atoms with E-state index in [1.165, 1.54) is 0 Å². The van der Waals surface area contributed by atoms with Gasteiger partial charge in [-0.15, -0.1) is 0 Å². The molecule has 33 heavy (non-hydrogen) atoms. The molecule has 0 radical (unpaired) electrons. The van der Waals surface area contributed by atoms with Gasteiger partial charge in [-0.25, -0.2) is 4.98 Å². The molecule has 2 aliphatic heterocycles. The first kappa shape index (κ1) is 23.5. The van der Waals surface area contributed by atoms with Crippen molar-refractivity contribution in [1.29, 1.82) is 0 Å². The van der Waals surface area contributed by atoms with Crippen molar-refractivity contribution in [3.05, 3.63) is 41.6 Å². The Hall–Kier alpha value is -2.67. The number of carbonyl (C=O) groups excluding carboxylic acids is 1. The van der Waals surface area contributed by atoms with Crippen LogP contribution in [0, 0.1) is 5.92 Å². The van der Waals surface area contributed by atoms with E-state index in [1.54, 1.807) is 6.20 Å².